The van der Waals surface area contributed by atoms with Crippen molar-refractivity contribution in [3.8, 4) is 0 Å². The fraction of sp³-hybridized carbons (Fsp3) is 0.167. The molecule has 20 heavy (non-hydrogen) atoms. The summed E-state index contributed by atoms with van der Waals surface area (Å²) in [7, 11) is 0. The molecule has 2 rings (SSSR count). The Morgan fingerprint density at radius 2 is 1.60 bits per heavy atom. The van der Waals surface area contributed by atoms with Gasteiger partial charge in [-0.25, -0.2) is 0 Å². The lowest BCUT2D eigenvalue weighted by molar-refractivity contribution is 0.104. The monoisotopic (exact) mass is 284 g/mol. The van der Waals surface area contributed by atoms with E-state index in [1.54, 1.807) is 12.2 Å². The van der Waals surface area contributed by atoms with E-state index < -0.39 is 0 Å². The number of rotatable bonds is 4. The molecule has 2 aromatic rings. The van der Waals surface area contributed by atoms with Crippen molar-refractivity contribution >= 4 is 23.5 Å². The van der Waals surface area contributed by atoms with Crippen molar-refractivity contribution in [2.75, 3.05) is 0 Å². The van der Waals surface area contributed by atoms with Gasteiger partial charge in [0.1, 0.15) is 0 Å². The maximum atomic E-state index is 12.1. The van der Waals surface area contributed by atoms with E-state index in [1.165, 1.54) is 5.56 Å². The first-order valence-electron chi connectivity index (χ1n) is 6.64. The summed E-state index contributed by atoms with van der Waals surface area (Å²) < 4.78 is 0. The molecule has 2 heteroatoms. The summed E-state index contributed by atoms with van der Waals surface area (Å²) in [5.74, 6) is 0.485. The van der Waals surface area contributed by atoms with Gasteiger partial charge in [-0.1, -0.05) is 67.9 Å². The zero-order chi connectivity index (χ0) is 14.5. The smallest absolute Gasteiger partial charge is 0.185 e. The second-order valence-electron chi connectivity index (χ2n) is 5.03. The van der Waals surface area contributed by atoms with Crippen LogP contribution in [0.3, 0.4) is 0 Å². The van der Waals surface area contributed by atoms with Crippen molar-refractivity contribution in [3.05, 3.63) is 76.3 Å². The van der Waals surface area contributed by atoms with Crippen LogP contribution in [0.15, 0.2) is 54.6 Å². The molecule has 1 nitrogen and oxygen atoms in total. The van der Waals surface area contributed by atoms with Gasteiger partial charge in [0.2, 0.25) is 0 Å². The molecule has 0 unspecified atom stereocenters. The van der Waals surface area contributed by atoms with Crippen molar-refractivity contribution in [1.82, 2.24) is 0 Å². The summed E-state index contributed by atoms with van der Waals surface area (Å²) in [4.78, 5) is 12.1. The average Bonchev–Trinajstić information content (AvgIpc) is 2.46. The number of halogens is 1. The molecule has 0 radical (unpaired) electrons. The average molecular weight is 285 g/mol. The number of ketones is 1. The lowest BCUT2D eigenvalue weighted by Gasteiger charge is -2.05. The molecule has 0 saturated carbocycles. The highest BCUT2D eigenvalue weighted by Crippen LogP contribution is 2.16. The molecular weight excluding hydrogens is 268 g/mol. The number of hydrogen-bond acceptors (Lipinski definition) is 1. The third-order valence-corrected chi connectivity index (χ3v) is 3.41. The van der Waals surface area contributed by atoms with Gasteiger partial charge in [-0.3, -0.25) is 4.79 Å². The predicted octanol–water partition coefficient (Wildman–Crippen LogP) is 5.36. The highest BCUT2D eigenvalue weighted by atomic mass is 35.5. The van der Waals surface area contributed by atoms with E-state index in [0.29, 0.717) is 16.5 Å². The zero-order valence-corrected chi connectivity index (χ0v) is 12.4. The third kappa shape index (κ3) is 3.82. The largest absolute Gasteiger partial charge is 0.289 e. The van der Waals surface area contributed by atoms with Crippen LogP contribution >= 0.6 is 11.6 Å². The Kier molecular flexibility index (Phi) is 4.75. The molecule has 0 N–H and O–H groups in total. The topological polar surface area (TPSA) is 17.1 Å². The second-order valence-corrected chi connectivity index (χ2v) is 5.46. The number of carbonyl (C=O) groups is 1. The minimum Gasteiger partial charge on any atom is -0.289 e. The summed E-state index contributed by atoms with van der Waals surface area (Å²) in [6, 6.07) is 15.2. The van der Waals surface area contributed by atoms with Crippen molar-refractivity contribution in [3.63, 3.8) is 0 Å². The van der Waals surface area contributed by atoms with E-state index in [2.05, 4.69) is 13.8 Å². The summed E-state index contributed by atoms with van der Waals surface area (Å²) >= 11 is 5.82. The standard InChI is InChI=1S/C18H17ClO/c1-13(2)15-6-8-16(9-7-15)18(20)12-5-14-3-10-17(19)11-4-14/h3-13H,1-2H3. The zero-order valence-electron chi connectivity index (χ0n) is 11.6. The molecule has 0 aliphatic rings. The van der Waals surface area contributed by atoms with Crippen molar-refractivity contribution in [1.29, 1.82) is 0 Å². The first-order valence-corrected chi connectivity index (χ1v) is 7.02. The fourth-order valence-corrected chi connectivity index (χ4v) is 2.00. The number of allylic oxidation sites excluding steroid dienone is 1. The van der Waals surface area contributed by atoms with Gasteiger partial charge in [-0.05, 0) is 35.3 Å². The molecule has 0 atom stereocenters. The van der Waals surface area contributed by atoms with Crippen molar-refractivity contribution in [2.24, 2.45) is 0 Å². The SMILES string of the molecule is CC(C)c1ccc(C(=O)C=Cc2ccc(Cl)cc2)cc1. The van der Waals surface area contributed by atoms with Gasteiger partial charge >= 0.3 is 0 Å². The highest BCUT2D eigenvalue weighted by Gasteiger charge is 2.03. The molecule has 0 aromatic heterocycles. The van der Waals surface area contributed by atoms with Crippen LogP contribution in [0.25, 0.3) is 6.08 Å². The molecule has 0 bridgehead atoms. The molecule has 0 amide bonds. The molecule has 0 aliphatic carbocycles. The number of benzene rings is 2. The normalized spacial score (nSPS) is 11.2. The Balaban J connectivity index is 2.09. The van der Waals surface area contributed by atoms with Gasteiger partial charge in [-0.15, -0.1) is 0 Å². The summed E-state index contributed by atoms with van der Waals surface area (Å²) in [6.07, 6.45) is 3.39. The summed E-state index contributed by atoms with van der Waals surface area (Å²) in [6.45, 7) is 4.27. The maximum Gasteiger partial charge on any atom is 0.185 e. The van der Waals surface area contributed by atoms with Gasteiger partial charge < -0.3 is 0 Å². The van der Waals surface area contributed by atoms with Crippen LogP contribution in [-0.2, 0) is 0 Å². The number of hydrogen-bond donors (Lipinski definition) is 0. The van der Waals surface area contributed by atoms with Crippen LogP contribution in [0.2, 0.25) is 5.02 Å². The molecule has 0 fully saturated rings. The third-order valence-electron chi connectivity index (χ3n) is 3.16. The van der Waals surface area contributed by atoms with Crippen LogP contribution < -0.4 is 0 Å². The molecule has 0 heterocycles. The Morgan fingerprint density at radius 3 is 2.15 bits per heavy atom. The first kappa shape index (κ1) is 14.5. The molecule has 0 aliphatic heterocycles. The minimum atomic E-state index is 0.00950. The first-order chi connectivity index (χ1) is 9.56. The quantitative estimate of drug-likeness (QED) is 0.546. The molecule has 2 aromatic carbocycles. The lowest BCUT2D eigenvalue weighted by Crippen LogP contribution is -1.95. The van der Waals surface area contributed by atoms with Crippen molar-refractivity contribution < 1.29 is 4.79 Å². The van der Waals surface area contributed by atoms with Crippen LogP contribution in [0.5, 0.6) is 0 Å². The molecule has 102 valence electrons. The van der Waals surface area contributed by atoms with E-state index in [4.69, 9.17) is 11.6 Å². The van der Waals surface area contributed by atoms with E-state index in [9.17, 15) is 4.79 Å². The number of carbonyl (C=O) groups excluding carboxylic acids is 1. The Bertz CT molecular complexity index is 607. The Labute approximate surface area is 124 Å². The maximum absolute atomic E-state index is 12.1. The molecular formula is C18H17ClO. The van der Waals surface area contributed by atoms with E-state index in [1.807, 2.05) is 48.5 Å². The molecule has 0 spiro atoms. The lowest BCUT2D eigenvalue weighted by atomic mass is 10.0. The Morgan fingerprint density at radius 1 is 1.00 bits per heavy atom. The van der Waals surface area contributed by atoms with E-state index in [0.717, 1.165) is 5.56 Å². The van der Waals surface area contributed by atoms with E-state index in [-0.39, 0.29) is 5.78 Å². The minimum absolute atomic E-state index is 0.00950. The van der Waals surface area contributed by atoms with Crippen LogP contribution in [0.1, 0.15) is 41.3 Å². The van der Waals surface area contributed by atoms with Crippen molar-refractivity contribution in [2.45, 2.75) is 19.8 Å². The van der Waals surface area contributed by atoms with Gasteiger partial charge in [-0.2, -0.15) is 0 Å². The molecule has 0 saturated heterocycles. The predicted molar refractivity (Wildman–Crippen MR) is 85.3 cm³/mol. The van der Waals surface area contributed by atoms with E-state index >= 15 is 0 Å². The van der Waals surface area contributed by atoms with Crippen LogP contribution in [-0.4, -0.2) is 5.78 Å². The Hall–Kier alpha value is -1.86. The van der Waals surface area contributed by atoms with Gasteiger partial charge in [0.25, 0.3) is 0 Å². The van der Waals surface area contributed by atoms with Gasteiger partial charge in [0.05, 0.1) is 0 Å². The second kappa shape index (κ2) is 6.53. The van der Waals surface area contributed by atoms with Crippen LogP contribution in [0, 0.1) is 0 Å². The van der Waals surface area contributed by atoms with Crippen LogP contribution in [0.4, 0.5) is 0 Å². The summed E-state index contributed by atoms with van der Waals surface area (Å²) in [5.41, 5.74) is 2.91. The fourth-order valence-electron chi connectivity index (χ4n) is 1.87. The highest BCUT2D eigenvalue weighted by molar-refractivity contribution is 6.30. The van der Waals surface area contributed by atoms with Gasteiger partial charge in [0.15, 0.2) is 5.78 Å². The summed E-state index contributed by atoms with van der Waals surface area (Å²) in [5, 5.41) is 0.692. The van der Waals surface area contributed by atoms with Gasteiger partial charge in [0, 0.05) is 10.6 Å².